The highest BCUT2D eigenvalue weighted by molar-refractivity contribution is 6.31. The van der Waals surface area contributed by atoms with Crippen molar-refractivity contribution in [1.82, 2.24) is 14.9 Å². The van der Waals surface area contributed by atoms with Gasteiger partial charge >= 0.3 is 0 Å². The standard InChI is InChI=1S/C13H23ClN4/c1-8(2)11(7-18(5)6)17-13-12(14)15-9(3)10(4)16-13/h8,11H,7H2,1-6H3,(H,16,17). The van der Waals surface area contributed by atoms with Crippen LogP contribution in [0, 0.1) is 19.8 Å². The normalized spacial score (nSPS) is 13.2. The predicted molar refractivity (Wildman–Crippen MR) is 77.3 cm³/mol. The van der Waals surface area contributed by atoms with E-state index in [1.807, 2.05) is 13.8 Å². The lowest BCUT2D eigenvalue weighted by molar-refractivity contribution is 0.344. The Morgan fingerprint density at radius 2 is 1.72 bits per heavy atom. The van der Waals surface area contributed by atoms with E-state index < -0.39 is 0 Å². The van der Waals surface area contributed by atoms with E-state index in [0.29, 0.717) is 22.9 Å². The molecule has 0 saturated carbocycles. The van der Waals surface area contributed by atoms with Gasteiger partial charge < -0.3 is 10.2 Å². The molecule has 0 aliphatic rings. The average Bonchev–Trinajstić information content (AvgIpc) is 2.23. The highest BCUT2D eigenvalue weighted by Crippen LogP contribution is 2.21. The SMILES string of the molecule is Cc1nc(Cl)c(NC(CN(C)C)C(C)C)nc1C. The average molecular weight is 271 g/mol. The fraction of sp³-hybridized carbons (Fsp3) is 0.692. The Kier molecular flexibility index (Phi) is 5.35. The summed E-state index contributed by atoms with van der Waals surface area (Å²) in [5.41, 5.74) is 1.79. The molecule has 4 nitrogen and oxygen atoms in total. The van der Waals surface area contributed by atoms with Crippen LogP contribution >= 0.6 is 11.6 Å². The molecule has 0 aliphatic carbocycles. The van der Waals surface area contributed by atoms with E-state index >= 15 is 0 Å². The van der Waals surface area contributed by atoms with E-state index in [-0.39, 0.29) is 0 Å². The molecule has 0 spiro atoms. The summed E-state index contributed by atoms with van der Waals surface area (Å²) >= 11 is 6.14. The Hall–Kier alpha value is -0.870. The molecule has 5 heteroatoms. The van der Waals surface area contributed by atoms with Crippen LogP contribution in [0.25, 0.3) is 0 Å². The summed E-state index contributed by atoms with van der Waals surface area (Å²) in [5.74, 6) is 1.17. The van der Waals surface area contributed by atoms with Crippen LogP contribution in [-0.2, 0) is 0 Å². The Morgan fingerprint density at radius 3 is 2.22 bits per heavy atom. The second-order valence-corrected chi connectivity index (χ2v) is 5.65. The Labute approximate surface area is 115 Å². The van der Waals surface area contributed by atoms with Gasteiger partial charge in [-0.1, -0.05) is 25.4 Å². The summed E-state index contributed by atoms with van der Waals surface area (Å²) in [7, 11) is 4.12. The van der Waals surface area contributed by atoms with Crippen molar-refractivity contribution in [3.05, 3.63) is 16.5 Å². The van der Waals surface area contributed by atoms with Gasteiger partial charge in [0.15, 0.2) is 11.0 Å². The molecule has 1 aromatic heterocycles. The molecule has 1 heterocycles. The number of likely N-dealkylation sites (N-methyl/N-ethyl adjacent to an activating group) is 1. The number of rotatable bonds is 5. The third kappa shape index (κ3) is 4.10. The van der Waals surface area contributed by atoms with Crippen LogP contribution in [0.2, 0.25) is 5.15 Å². The minimum Gasteiger partial charge on any atom is -0.363 e. The minimum absolute atomic E-state index is 0.300. The number of hydrogen-bond donors (Lipinski definition) is 1. The van der Waals surface area contributed by atoms with E-state index in [4.69, 9.17) is 11.6 Å². The van der Waals surface area contributed by atoms with Gasteiger partial charge in [0.25, 0.3) is 0 Å². The lowest BCUT2D eigenvalue weighted by Crippen LogP contribution is -2.36. The van der Waals surface area contributed by atoms with Gasteiger partial charge in [-0.25, -0.2) is 9.97 Å². The highest BCUT2D eigenvalue weighted by Gasteiger charge is 2.17. The zero-order chi connectivity index (χ0) is 13.9. The molecule has 18 heavy (non-hydrogen) atoms. The van der Waals surface area contributed by atoms with Gasteiger partial charge in [0.05, 0.1) is 11.4 Å². The molecule has 0 aliphatic heterocycles. The molecule has 102 valence electrons. The molecule has 0 saturated heterocycles. The summed E-state index contributed by atoms with van der Waals surface area (Å²) in [6.07, 6.45) is 0. The molecule has 0 fully saturated rings. The number of aryl methyl sites for hydroxylation is 2. The molecule has 0 radical (unpaired) electrons. The van der Waals surface area contributed by atoms with Crippen molar-refractivity contribution in [3.8, 4) is 0 Å². The number of hydrogen-bond acceptors (Lipinski definition) is 4. The van der Waals surface area contributed by atoms with Crippen molar-refractivity contribution in [3.63, 3.8) is 0 Å². The van der Waals surface area contributed by atoms with Crippen LogP contribution in [0.4, 0.5) is 5.82 Å². The fourth-order valence-electron chi connectivity index (χ4n) is 1.66. The summed E-state index contributed by atoms with van der Waals surface area (Å²) in [6.45, 7) is 9.16. The first-order valence-corrected chi connectivity index (χ1v) is 6.61. The minimum atomic E-state index is 0.300. The molecule has 1 rings (SSSR count). The summed E-state index contributed by atoms with van der Waals surface area (Å²) in [5, 5.41) is 3.85. The molecule has 0 bridgehead atoms. The van der Waals surface area contributed by atoms with E-state index in [1.54, 1.807) is 0 Å². The number of aromatic nitrogens is 2. The first-order chi connectivity index (χ1) is 8.31. The van der Waals surface area contributed by atoms with Gasteiger partial charge in [0.2, 0.25) is 0 Å². The maximum absolute atomic E-state index is 6.14. The number of halogens is 1. The Balaban J connectivity index is 2.90. The zero-order valence-corrected chi connectivity index (χ0v) is 12.8. The summed E-state index contributed by atoms with van der Waals surface area (Å²) < 4.78 is 0. The Morgan fingerprint density at radius 1 is 1.17 bits per heavy atom. The largest absolute Gasteiger partial charge is 0.363 e. The van der Waals surface area contributed by atoms with Gasteiger partial charge in [-0.2, -0.15) is 0 Å². The predicted octanol–water partition coefficient (Wildman–Crippen LogP) is 2.74. The van der Waals surface area contributed by atoms with E-state index in [0.717, 1.165) is 17.9 Å². The quantitative estimate of drug-likeness (QED) is 0.893. The van der Waals surface area contributed by atoms with E-state index in [1.165, 1.54) is 0 Å². The molecular formula is C13H23ClN4. The van der Waals surface area contributed by atoms with Crippen LogP contribution in [0.1, 0.15) is 25.2 Å². The first-order valence-electron chi connectivity index (χ1n) is 6.23. The van der Waals surface area contributed by atoms with Crippen molar-refractivity contribution >= 4 is 17.4 Å². The van der Waals surface area contributed by atoms with Crippen LogP contribution < -0.4 is 5.32 Å². The molecular weight excluding hydrogens is 248 g/mol. The van der Waals surface area contributed by atoms with Crippen molar-refractivity contribution in [1.29, 1.82) is 0 Å². The van der Waals surface area contributed by atoms with Crippen LogP contribution in [0.5, 0.6) is 0 Å². The second-order valence-electron chi connectivity index (χ2n) is 5.29. The smallest absolute Gasteiger partial charge is 0.171 e. The van der Waals surface area contributed by atoms with Crippen LogP contribution in [-0.4, -0.2) is 41.5 Å². The van der Waals surface area contributed by atoms with Gasteiger partial charge in [0, 0.05) is 12.6 Å². The molecule has 0 aromatic carbocycles. The lowest BCUT2D eigenvalue weighted by Gasteiger charge is -2.26. The molecule has 1 N–H and O–H groups in total. The first kappa shape index (κ1) is 15.2. The third-order valence-electron chi connectivity index (χ3n) is 2.95. The number of nitrogens with zero attached hydrogens (tertiary/aromatic N) is 3. The van der Waals surface area contributed by atoms with Crippen molar-refractivity contribution in [2.24, 2.45) is 5.92 Å². The zero-order valence-electron chi connectivity index (χ0n) is 12.1. The van der Waals surface area contributed by atoms with Crippen LogP contribution in [0.3, 0.4) is 0 Å². The maximum Gasteiger partial charge on any atom is 0.171 e. The topological polar surface area (TPSA) is 41.1 Å². The lowest BCUT2D eigenvalue weighted by atomic mass is 10.0. The summed E-state index contributed by atoms with van der Waals surface area (Å²) in [4.78, 5) is 10.9. The monoisotopic (exact) mass is 270 g/mol. The van der Waals surface area contributed by atoms with Gasteiger partial charge in [-0.15, -0.1) is 0 Å². The van der Waals surface area contributed by atoms with E-state index in [2.05, 4.69) is 48.1 Å². The van der Waals surface area contributed by atoms with Gasteiger partial charge in [-0.3, -0.25) is 0 Å². The molecule has 1 atom stereocenters. The van der Waals surface area contributed by atoms with Crippen molar-refractivity contribution < 1.29 is 0 Å². The maximum atomic E-state index is 6.14. The highest BCUT2D eigenvalue weighted by atomic mass is 35.5. The van der Waals surface area contributed by atoms with Crippen LogP contribution in [0.15, 0.2) is 0 Å². The molecule has 1 aromatic rings. The van der Waals surface area contributed by atoms with Crippen molar-refractivity contribution in [2.45, 2.75) is 33.7 Å². The van der Waals surface area contributed by atoms with Crippen molar-refractivity contribution in [2.75, 3.05) is 26.0 Å². The van der Waals surface area contributed by atoms with Gasteiger partial charge in [0.1, 0.15) is 0 Å². The van der Waals surface area contributed by atoms with Gasteiger partial charge in [-0.05, 0) is 33.9 Å². The fourth-order valence-corrected chi connectivity index (χ4v) is 1.88. The number of nitrogens with one attached hydrogen (secondary N) is 1. The summed E-state index contributed by atoms with van der Waals surface area (Å²) in [6, 6.07) is 0.300. The molecule has 1 unspecified atom stereocenters. The number of anilines is 1. The molecule has 0 amide bonds. The second kappa shape index (κ2) is 6.34. The Bertz CT molecular complexity index is 404. The third-order valence-corrected chi connectivity index (χ3v) is 3.22. The van der Waals surface area contributed by atoms with E-state index in [9.17, 15) is 0 Å².